The van der Waals surface area contributed by atoms with E-state index in [0.717, 1.165) is 50.6 Å². The zero-order valence-electron chi connectivity index (χ0n) is 15.6. The number of nitrogens with one attached hydrogen (secondary N) is 2. The highest BCUT2D eigenvalue weighted by atomic mass is 127. The molecule has 1 fully saturated rings. The van der Waals surface area contributed by atoms with E-state index in [0.29, 0.717) is 6.54 Å². The Morgan fingerprint density at radius 1 is 1.38 bits per heavy atom. The smallest absolute Gasteiger partial charge is 0.191 e. The summed E-state index contributed by atoms with van der Waals surface area (Å²) in [7, 11) is 1.99. The highest BCUT2D eigenvalue weighted by Crippen LogP contribution is 2.24. The molecule has 0 aromatic carbocycles. The van der Waals surface area contributed by atoms with Gasteiger partial charge in [0.25, 0.3) is 0 Å². The Morgan fingerprint density at radius 2 is 2.12 bits per heavy atom. The molecule has 1 aliphatic heterocycles. The summed E-state index contributed by atoms with van der Waals surface area (Å²) in [6, 6.07) is 0. The average molecular weight is 449 g/mol. The predicted octanol–water partition coefficient (Wildman–Crippen LogP) is 2.32. The molecule has 0 amide bonds. The van der Waals surface area contributed by atoms with Crippen molar-refractivity contribution in [2.24, 2.45) is 12.0 Å². The molecule has 2 heterocycles. The Hall–Kier alpha value is -0.830. The van der Waals surface area contributed by atoms with Crippen LogP contribution in [0, 0.1) is 13.8 Å². The van der Waals surface area contributed by atoms with E-state index in [2.05, 4.69) is 43.4 Å². The molecule has 0 spiro atoms. The second-order valence-corrected chi connectivity index (χ2v) is 6.55. The lowest BCUT2D eigenvalue weighted by atomic mass is 10.0. The van der Waals surface area contributed by atoms with E-state index >= 15 is 0 Å². The Morgan fingerprint density at radius 3 is 2.67 bits per heavy atom. The van der Waals surface area contributed by atoms with Crippen LogP contribution in [0.25, 0.3) is 0 Å². The van der Waals surface area contributed by atoms with Crippen LogP contribution in [-0.4, -0.2) is 47.6 Å². The molecule has 6 nitrogen and oxygen atoms in total. The molecule has 2 rings (SSSR count). The fourth-order valence-electron chi connectivity index (χ4n) is 3.03. The largest absolute Gasteiger partial charge is 0.373 e. The van der Waals surface area contributed by atoms with Crippen LogP contribution in [0.4, 0.5) is 0 Å². The number of aryl methyl sites for hydroxylation is 2. The molecule has 0 radical (unpaired) electrons. The molecule has 2 N–H and O–H groups in total. The van der Waals surface area contributed by atoms with Crippen molar-refractivity contribution < 1.29 is 4.74 Å². The summed E-state index contributed by atoms with van der Waals surface area (Å²) in [6.45, 7) is 11.7. The number of guanidine groups is 1. The van der Waals surface area contributed by atoms with Crippen molar-refractivity contribution in [3.63, 3.8) is 0 Å². The third kappa shape index (κ3) is 5.61. The quantitative estimate of drug-likeness (QED) is 0.398. The number of halogens is 1. The first-order valence-corrected chi connectivity index (χ1v) is 8.60. The van der Waals surface area contributed by atoms with Gasteiger partial charge in [-0.2, -0.15) is 5.10 Å². The van der Waals surface area contributed by atoms with E-state index in [9.17, 15) is 0 Å². The molecule has 7 heteroatoms. The van der Waals surface area contributed by atoms with Crippen LogP contribution < -0.4 is 10.6 Å². The lowest BCUT2D eigenvalue weighted by Crippen LogP contribution is -2.40. The van der Waals surface area contributed by atoms with Crippen LogP contribution in [-0.2, 0) is 18.2 Å². The number of ether oxygens (including phenoxy) is 1. The first-order chi connectivity index (χ1) is 10.9. The monoisotopic (exact) mass is 449 g/mol. The number of hydrogen-bond donors (Lipinski definition) is 2. The molecule has 1 saturated heterocycles. The van der Waals surface area contributed by atoms with Crippen molar-refractivity contribution in [2.75, 3.05) is 26.2 Å². The fourth-order valence-corrected chi connectivity index (χ4v) is 3.03. The van der Waals surface area contributed by atoms with Gasteiger partial charge in [-0.25, -0.2) is 0 Å². The van der Waals surface area contributed by atoms with Gasteiger partial charge in [-0.3, -0.25) is 9.67 Å². The second kappa shape index (κ2) is 9.60. The van der Waals surface area contributed by atoms with Gasteiger partial charge in [0.05, 0.1) is 17.8 Å². The standard InChI is InChI=1S/C17H31N5O.HI/c1-6-18-16(20-12-17(4)9-7-11-23-17)19-10-8-15-13(2)21-22(5)14(15)3;/h6-12H2,1-5H3,(H2,18,19,20);1H. The summed E-state index contributed by atoms with van der Waals surface area (Å²) in [4.78, 5) is 4.70. The maximum Gasteiger partial charge on any atom is 0.191 e. The number of aromatic nitrogens is 2. The summed E-state index contributed by atoms with van der Waals surface area (Å²) in [5.74, 6) is 0.864. The van der Waals surface area contributed by atoms with Crippen molar-refractivity contribution >= 4 is 29.9 Å². The Labute approximate surface area is 162 Å². The van der Waals surface area contributed by atoms with Crippen LogP contribution in [0.3, 0.4) is 0 Å². The highest BCUT2D eigenvalue weighted by Gasteiger charge is 2.29. The Balaban J connectivity index is 0.00000288. The minimum absolute atomic E-state index is 0. The summed E-state index contributed by atoms with van der Waals surface area (Å²) in [5, 5.41) is 11.2. The van der Waals surface area contributed by atoms with Crippen molar-refractivity contribution in [1.82, 2.24) is 20.4 Å². The lowest BCUT2D eigenvalue weighted by Gasteiger charge is -2.21. The average Bonchev–Trinajstić information content (AvgIpc) is 3.04. The minimum atomic E-state index is -0.0983. The minimum Gasteiger partial charge on any atom is -0.373 e. The van der Waals surface area contributed by atoms with Gasteiger partial charge in [0.15, 0.2) is 5.96 Å². The van der Waals surface area contributed by atoms with Crippen LogP contribution in [0.5, 0.6) is 0 Å². The number of rotatable bonds is 6. The maximum atomic E-state index is 5.80. The van der Waals surface area contributed by atoms with E-state index in [1.807, 2.05) is 11.7 Å². The van der Waals surface area contributed by atoms with E-state index in [1.165, 1.54) is 11.3 Å². The molecular formula is C17H32IN5O. The molecule has 138 valence electrons. The first-order valence-electron chi connectivity index (χ1n) is 8.60. The van der Waals surface area contributed by atoms with Gasteiger partial charge in [-0.05, 0) is 52.5 Å². The third-order valence-corrected chi connectivity index (χ3v) is 4.54. The van der Waals surface area contributed by atoms with Gasteiger partial charge >= 0.3 is 0 Å². The van der Waals surface area contributed by atoms with Gasteiger partial charge in [-0.1, -0.05) is 0 Å². The zero-order chi connectivity index (χ0) is 16.9. The summed E-state index contributed by atoms with van der Waals surface area (Å²) >= 11 is 0. The Bertz CT molecular complexity index is 549. The molecule has 1 unspecified atom stereocenters. The zero-order valence-corrected chi connectivity index (χ0v) is 17.9. The van der Waals surface area contributed by atoms with Crippen molar-refractivity contribution in [1.29, 1.82) is 0 Å². The van der Waals surface area contributed by atoms with Crippen LogP contribution in [0.2, 0.25) is 0 Å². The summed E-state index contributed by atoms with van der Waals surface area (Å²) in [6.07, 6.45) is 3.17. The van der Waals surface area contributed by atoms with Crippen LogP contribution in [0.15, 0.2) is 4.99 Å². The topological polar surface area (TPSA) is 63.5 Å². The predicted molar refractivity (Wildman–Crippen MR) is 109 cm³/mol. The van der Waals surface area contributed by atoms with E-state index < -0.39 is 0 Å². The van der Waals surface area contributed by atoms with Crippen molar-refractivity contribution in [3.8, 4) is 0 Å². The molecular weight excluding hydrogens is 417 g/mol. The SMILES string of the molecule is CCNC(=NCC1(C)CCCO1)NCCc1c(C)nn(C)c1C.I. The molecule has 1 atom stereocenters. The van der Waals surface area contributed by atoms with Crippen molar-refractivity contribution in [3.05, 3.63) is 17.0 Å². The number of hydrogen-bond acceptors (Lipinski definition) is 3. The third-order valence-electron chi connectivity index (χ3n) is 4.54. The van der Waals surface area contributed by atoms with Gasteiger partial charge in [0.1, 0.15) is 0 Å². The molecule has 0 bridgehead atoms. The molecule has 1 aromatic rings. The van der Waals surface area contributed by atoms with Crippen LogP contribution in [0.1, 0.15) is 43.6 Å². The second-order valence-electron chi connectivity index (χ2n) is 6.55. The van der Waals surface area contributed by atoms with Crippen LogP contribution >= 0.6 is 24.0 Å². The molecule has 0 aliphatic carbocycles. The molecule has 1 aromatic heterocycles. The lowest BCUT2D eigenvalue weighted by molar-refractivity contribution is 0.0283. The molecule has 1 aliphatic rings. The maximum absolute atomic E-state index is 5.80. The summed E-state index contributed by atoms with van der Waals surface area (Å²) in [5.41, 5.74) is 3.57. The Kier molecular flexibility index (Phi) is 8.49. The highest BCUT2D eigenvalue weighted by molar-refractivity contribution is 14.0. The fraction of sp³-hybridized carbons (Fsp3) is 0.765. The van der Waals surface area contributed by atoms with Gasteiger partial charge in [0.2, 0.25) is 0 Å². The van der Waals surface area contributed by atoms with E-state index in [4.69, 9.17) is 9.73 Å². The van der Waals surface area contributed by atoms with Crippen molar-refractivity contribution in [2.45, 2.75) is 52.6 Å². The van der Waals surface area contributed by atoms with E-state index in [-0.39, 0.29) is 29.6 Å². The van der Waals surface area contributed by atoms with Gasteiger partial charge < -0.3 is 15.4 Å². The van der Waals surface area contributed by atoms with E-state index in [1.54, 1.807) is 0 Å². The summed E-state index contributed by atoms with van der Waals surface area (Å²) < 4.78 is 7.75. The normalized spacial score (nSPS) is 20.8. The number of aliphatic imine (C=N–C) groups is 1. The molecule has 0 saturated carbocycles. The van der Waals surface area contributed by atoms with Gasteiger partial charge in [-0.15, -0.1) is 24.0 Å². The number of nitrogens with zero attached hydrogens (tertiary/aromatic N) is 3. The van der Waals surface area contributed by atoms with Gasteiger partial charge in [0, 0.05) is 32.4 Å². The molecule has 24 heavy (non-hydrogen) atoms. The first kappa shape index (κ1) is 21.2.